The van der Waals surface area contributed by atoms with E-state index in [2.05, 4.69) is 4.98 Å². The maximum absolute atomic E-state index is 12.9. The van der Waals surface area contributed by atoms with Crippen LogP contribution in [0.5, 0.6) is 0 Å². The van der Waals surface area contributed by atoms with E-state index in [9.17, 15) is 14.7 Å². The molecule has 2 aromatic rings. The lowest BCUT2D eigenvalue weighted by Crippen LogP contribution is -3.14. The maximum atomic E-state index is 12.9. The molecule has 2 N–H and O–H groups in total. The first-order chi connectivity index (χ1) is 14.2. The van der Waals surface area contributed by atoms with Crippen molar-refractivity contribution in [3.63, 3.8) is 0 Å². The summed E-state index contributed by atoms with van der Waals surface area (Å²) in [7, 11) is 0. The Morgan fingerprint density at radius 1 is 1.10 bits per heavy atom. The monoisotopic (exact) mass is 394 g/mol. The third kappa shape index (κ3) is 3.92. The highest BCUT2D eigenvalue weighted by Crippen LogP contribution is 2.38. The average molecular weight is 394 g/mol. The van der Waals surface area contributed by atoms with Crippen LogP contribution in [0.3, 0.4) is 0 Å². The van der Waals surface area contributed by atoms with E-state index in [0.29, 0.717) is 37.6 Å². The van der Waals surface area contributed by atoms with E-state index in [1.807, 2.05) is 12.1 Å². The molecule has 150 valence electrons. The van der Waals surface area contributed by atoms with Crippen molar-refractivity contribution in [2.75, 3.05) is 39.4 Å². The molecule has 0 radical (unpaired) electrons. The van der Waals surface area contributed by atoms with Crippen LogP contribution in [-0.4, -0.2) is 66.1 Å². The summed E-state index contributed by atoms with van der Waals surface area (Å²) in [5.74, 6) is -1.43. The lowest BCUT2D eigenvalue weighted by Gasteiger charge is -2.28. The van der Waals surface area contributed by atoms with Crippen molar-refractivity contribution in [1.82, 2.24) is 9.88 Å². The minimum absolute atomic E-state index is 0.0943. The van der Waals surface area contributed by atoms with Gasteiger partial charge in [-0.3, -0.25) is 14.6 Å². The number of Topliss-reactive ketones (excluding diaryl/α,β-unsaturated/α-hetero) is 1. The number of amides is 1. The highest BCUT2D eigenvalue weighted by Gasteiger charge is 2.47. The van der Waals surface area contributed by atoms with Crippen LogP contribution < -0.4 is 4.90 Å². The Morgan fingerprint density at radius 2 is 1.83 bits per heavy atom. The second kappa shape index (κ2) is 8.55. The van der Waals surface area contributed by atoms with Crippen LogP contribution in [-0.2, 0) is 14.3 Å². The van der Waals surface area contributed by atoms with Gasteiger partial charge in [0.05, 0.1) is 37.6 Å². The zero-order chi connectivity index (χ0) is 20.2. The van der Waals surface area contributed by atoms with Gasteiger partial charge in [0.15, 0.2) is 0 Å². The molecule has 4 rings (SSSR count). The fourth-order valence-electron chi connectivity index (χ4n) is 3.90. The van der Waals surface area contributed by atoms with Gasteiger partial charge in [0.1, 0.15) is 24.9 Å². The fourth-order valence-corrected chi connectivity index (χ4v) is 3.90. The number of aliphatic hydroxyl groups is 1. The van der Waals surface area contributed by atoms with Gasteiger partial charge in [0.25, 0.3) is 11.7 Å². The molecule has 1 amide bonds. The number of carbonyl (C=O) groups is 2. The number of hydrogen-bond donors (Lipinski definition) is 2. The van der Waals surface area contributed by atoms with E-state index in [1.165, 1.54) is 4.90 Å². The zero-order valence-corrected chi connectivity index (χ0v) is 16.1. The predicted molar refractivity (Wildman–Crippen MR) is 106 cm³/mol. The van der Waals surface area contributed by atoms with Gasteiger partial charge in [-0.25, -0.2) is 0 Å². The Morgan fingerprint density at radius 3 is 2.52 bits per heavy atom. The molecular weight excluding hydrogens is 370 g/mol. The van der Waals surface area contributed by atoms with Gasteiger partial charge < -0.3 is 19.6 Å². The highest BCUT2D eigenvalue weighted by molar-refractivity contribution is 6.46. The van der Waals surface area contributed by atoms with Crippen LogP contribution >= 0.6 is 0 Å². The SMILES string of the molecule is O=C1C(=O)N(CC[NH+]2CCOCC2)[C@@H](c2ccccn2)/C1=C(\O)c1ccccc1. The number of morpholine rings is 1. The summed E-state index contributed by atoms with van der Waals surface area (Å²) in [6.45, 7) is 4.28. The number of hydrogen-bond acceptors (Lipinski definition) is 5. The Bertz CT molecular complexity index is 908. The van der Waals surface area contributed by atoms with Crippen LogP contribution in [0.25, 0.3) is 5.76 Å². The second-order valence-corrected chi connectivity index (χ2v) is 7.23. The van der Waals surface area contributed by atoms with Crippen molar-refractivity contribution >= 4 is 17.4 Å². The Balaban J connectivity index is 1.70. The van der Waals surface area contributed by atoms with Gasteiger partial charge in [0.2, 0.25) is 0 Å². The summed E-state index contributed by atoms with van der Waals surface area (Å²) in [4.78, 5) is 33.0. The molecule has 1 atom stereocenters. The van der Waals surface area contributed by atoms with Gasteiger partial charge in [-0.15, -0.1) is 0 Å². The van der Waals surface area contributed by atoms with Crippen LogP contribution in [0, 0.1) is 0 Å². The van der Waals surface area contributed by atoms with Gasteiger partial charge in [-0.05, 0) is 12.1 Å². The Labute approximate surface area is 169 Å². The van der Waals surface area contributed by atoms with E-state index in [0.717, 1.165) is 13.1 Å². The molecule has 0 unspecified atom stereocenters. The third-order valence-corrected chi connectivity index (χ3v) is 5.46. The summed E-state index contributed by atoms with van der Waals surface area (Å²) in [6, 6.07) is 13.5. The number of benzene rings is 1. The summed E-state index contributed by atoms with van der Waals surface area (Å²) < 4.78 is 5.39. The zero-order valence-electron chi connectivity index (χ0n) is 16.1. The van der Waals surface area contributed by atoms with Gasteiger partial charge in [-0.2, -0.15) is 0 Å². The summed E-state index contributed by atoms with van der Waals surface area (Å²) in [6.07, 6.45) is 1.63. The number of nitrogens with one attached hydrogen (secondary N) is 1. The molecule has 0 aliphatic carbocycles. The number of pyridine rings is 1. The van der Waals surface area contributed by atoms with Crippen LogP contribution in [0.1, 0.15) is 17.3 Å². The molecule has 0 saturated carbocycles. The van der Waals surface area contributed by atoms with E-state index in [4.69, 9.17) is 4.74 Å². The molecule has 2 aliphatic heterocycles. The van der Waals surface area contributed by atoms with Crippen LogP contribution in [0.4, 0.5) is 0 Å². The molecule has 2 fully saturated rings. The average Bonchev–Trinajstić information content (AvgIpc) is 3.04. The number of ether oxygens (including phenoxy) is 1. The standard InChI is InChI=1S/C22H23N3O4/c26-20(16-6-2-1-3-7-16)18-19(17-8-4-5-9-23-17)25(22(28)21(18)27)11-10-24-12-14-29-15-13-24/h1-9,19,26H,10-15H2/p+1/b20-18+/t19-/m0/s1. The number of likely N-dealkylation sites (tertiary alicyclic amines) is 1. The molecule has 1 aromatic heterocycles. The largest absolute Gasteiger partial charge is 0.507 e. The van der Waals surface area contributed by atoms with Crippen molar-refractivity contribution in [3.8, 4) is 0 Å². The first-order valence-electron chi connectivity index (χ1n) is 9.83. The summed E-state index contributed by atoms with van der Waals surface area (Å²) in [5, 5.41) is 10.9. The van der Waals surface area contributed by atoms with Crippen molar-refractivity contribution < 1.29 is 24.3 Å². The molecule has 0 bridgehead atoms. The molecule has 7 heteroatoms. The first-order valence-corrected chi connectivity index (χ1v) is 9.83. The minimum atomic E-state index is -0.697. The van der Waals surface area contributed by atoms with Crippen molar-refractivity contribution in [2.45, 2.75) is 6.04 Å². The predicted octanol–water partition coefficient (Wildman–Crippen LogP) is 0.418. The molecule has 2 saturated heterocycles. The summed E-state index contributed by atoms with van der Waals surface area (Å²) >= 11 is 0. The lowest BCUT2D eigenvalue weighted by atomic mass is 9.98. The smallest absolute Gasteiger partial charge is 0.295 e. The fraction of sp³-hybridized carbons (Fsp3) is 0.318. The summed E-state index contributed by atoms with van der Waals surface area (Å²) in [5.41, 5.74) is 1.17. The van der Waals surface area contributed by atoms with E-state index in [1.54, 1.807) is 47.5 Å². The number of nitrogens with zero attached hydrogens (tertiary/aromatic N) is 2. The van der Waals surface area contributed by atoms with Gasteiger partial charge in [0, 0.05) is 11.8 Å². The normalized spacial score (nSPS) is 22.2. The van der Waals surface area contributed by atoms with Crippen molar-refractivity contribution in [1.29, 1.82) is 0 Å². The number of ketones is 1. The number of carbonyl (C=O) groups excluding carboxylic acids is 2. The maximum Gasteiger partial charge on any atom is 0.295 e. The lowest BCUT2D eigenvalue weighted by molar-refractivity contribution is -0.907. The third-order valence-electron chi connectivity index (χ3n) is 5.46. The number of rotatable bonds is 5. The second-order valence-electron chi connectivity index (χ2n) is 7.23. The van der Waals surface area contributed by atoms with E-state index >= 15 is 0 Å². The van der Waals surface area contributed by atoms with Crippen molar-refractivity contribution in [3.05, 3.63) is 71.6 Å². The van der Waals surface area contributed by atoms with E-state index in [-0.39, 0.29) is 11.3 Å². The van der Waals surface area contributed by atoms with Crippen LogP contribution in [0.15, 0.2) is 60.3 Å². The molecule has 29 heavy (non-hydrogen) atoms. The quantitative estimate of drug-likeness (QED) is 0.436. The van der Waals surface area contributed by atoms with E-state index < -0.39 is 17.7 Å². The topological polar surface area (TPSA) is 84.2 Å². The number of quaternary nitrogens is 1. The molecule has 0 spiro atoms. The van der Waals surface area contributed by atoms with Crippen molar-refractivity contribution in [2.24, 2.45) is 0 Å². The van der Waals surface area contributed by atoms with Crippen LogP contribution in [0.2, 0.25) is 0 Å². The molecule has 2 aliphatic rings. The molecule has 7 nitrogen and oxygen atoms in total. The molecular formula is C22H24N3O4+. The number of aromatic nitrogens is 1. The van der Waals surface area contributed by atoms with Gasteiger partial charge in [-0.1, -0.05) is 36.4 Å². The molecule has 1 aromatic carbocycles. The molecule has 3 heterocycles. The van der Waals surface area contributed by atoms with Gasteiger partial charge >= 0.3 is 0 Å². The Hall–Kier alpha value is -3.03. The highest BCUT2D eigenvalue weighted by atomic mass is 16.5. The Kier molecular flexibility index (Phi) is 5.69. The number of aliphatic hydroxyl groups excluding tert-OH is 1. The minimum Gasteiger partial charge on any atom is -0.507 e. The first kappa shape index (κ1) is 19.3.